The molecule has 0 saturated carbocycles. The highest BCUT2D eigenvalue weighted by molar-refractivity contribution is 5.79. The molecular weight excluding hydrogens is 540 g/mol. The van der Waals surface area contributed by atoms with E-state index in [0.717, 1.165) is 25.7 Å². The molecule has 230 valence electrons. The third kappa shape index (κ3) is 10.9. The number of aliphatic carboxylic acids is 1. The van der Waals surface area contributed by atoms with E-state index in [2.05, 4.69) is 17.6 Å². The summed E-state index contributed by atoms with van der Waals surface area (Å²) in [6.45, 7) is 5.51. The summed E-state index contributed by atoms with van der Waals surface area (Å²) in [5, 5.41) is 45.1. The standard InChI is InChI=1S/C28H42N2O11/c1-4-5-6-7-8-20(31)29-12-11-21(32)30-14-18-13-17(15-39-27(38)16(2)3)9-10-19(18)40-28-24(35)22(33)23(34)25(41-28)26(36)37/h9-10,13,16,22-25,28,33-35H,4-8,11-12,14-15H2,1-3H3,(H,29,31)(H,30,32)(H,36,37). The molecule has 2 rings (SSSR count). The molecule has 2 amide bonds. The molecule has 41 heavy (non-hydrogen) atoms. The Kier molecular flexibility index (Phi) is 14.0. The van der Waals surface area contributed by atoms with Crippen LogP contribution in [0.1, 0.15) is 70.4 Å². The van der Waals surface area contributed by atoms with Crippen molar-refractivity contribution >= 4 is 23.8 Å². The van der Waals surface area contributed by atoms with Crippen LogP contribution in [-0.4, -0.2) is 81.4 Å². The number of ether oxygens (including phenoxy) is 3. The van der Waals surface area contributed by atoms with Crippen molar-refractivity contribution in [3.8, 4) is 5.75 Å². The van der Waals surface area contributed by atoms with Gasteiger partial charge in [-0.3, -0.25) is 14.4 Å². The zero-order chi connectivity index (χ0) is 30.5. The first kappa shape index (κ1) is 33.9. The van der Waals surface area contributed by atoms with Gasteiger partial charge in [-0.15, -0.1) is 0 Å². The minimum atomic E-state index is -1.88. The second-order valence-corrected chi connectivity index (χ2v) is 10.2. The Labute approximate surface area is 239 Å². The number of hydrogen-bond donors (Lipinski definition) is 6. The molecule has 1 saturated heterocycles. The molecule has 6 N–H and O–H groups in total. The number of carbonyl (C=O) groups excluding carboxylic acids is 3. The van der Waals surface area contributed by atoms with Crippen LogP contribution in [0.15, 0.2) is 18.2 Å². The number of carboxylic acids is 1. The van der Waals surface area contributed by atoms with Crippen LogP contribution < -0.4 is 15.4 Å². The molecule has 5 unspecified atom stereocenters. The van der Waals surface area contributed by atoms with Gasteiger partial charge in [-0.2, -0.15) is 0 Å². The summed E-state index contributed by atoms with van der Waals surface area (Å²) in [5.74, 6) is -2.69. The Morgan fingerprint density at radius 3 is 2.32 bits per heavy atom. The van der Waals surface area contributed by atoms with Crippen LogP contribution >= 0.6 is 0 Å². The lowest BCUT2D eigenvalue weighted by Gasteiger charge is -2.38. The van der Waals surface area contributed by atoms with Crippen molar-refractivity contribution in [1.82, 2.24) is 10.6 Å². The van der Waals surface area contributed by atoms with Crippen molar-refractivity contribution in [2.75, 3.05) is 6.54 Å². The summed E-state index contributed by atoms with van der Waals surface area (Å²) in [6.07, 6.45) is -4.67. The predicted octanol–water partition coefficient (Wildman–Crippen LogP) is 0.750. The molecule has 1 fully saturated rings. The highest BCUT2D eigenvalue weighted by Crippen LogP contribution is 2.28. The summed E-state index contributed by atoms with van der Waals surface area (Å²) in [4.78, 5) is 47.7. The number of nitrogens with one attached hydrogen (secondary N) is 2. The first-order valence-corrected chi connectivity index (χ1v) is 13.9. The molecule has 1 aliphatic rings. The van der Waals surface area contributed by atoms with Crippen molar-refractivity contribution in [3.63, 3.8) is 0 Å². The molecule has 13 nitrogen and oxygen atoms in total. The molecule has 0 radical (unpaired) electrons. The Morgan fingerprint density at radius 1 is 0.951 bits per heavy atom. The van der Waals surface area contributed by atoms with Gasteiger partial charge in [0.2, 0.25) is 18.1 Å². The molecule has 1 aromatic rings. The van der Waals surface area contributed by atoms with Gasteiger partial charge in [-0.05, 0) is 24.1 Å². The van der Waals surface area contributed by atoms with Crippen molar-refractivity contribution in [2.24, 2.45) is 5.92 Å². The number of amides is 2. The maximum absolute atomic E-state index is 12.5. The third-order valence-electron chi connectivity index (χ3n) is 6.44. The van der Waals surface area contributed by atoms with Crippen LogP contribution in [0.2, 0.25) is 0 Å². The van der Waals surface area contributed by atoms with Gasteiger partial charge in [-0.1, -0.05) is 46.1 Å². The number of aliphatic hydroxyl groups excluding tert-OH is 3. The van der Waals surface area contributed by atoms with Crippen LogP contribution in [0.3, 0.4) is 0 Å². The predicted molar refractivity (Wildman–Crippen MR) is 144 cm³/mol. The first-order chi connectivity index (χ1) is 19.4. The highest BCUT2D eigenvalue weighted by atomic mass is 16.7. The zero-order valence-electron chi connectivity index (χ0n) is 23.7. The monoisotopic (exact) mass is 582 g/mol. The van der Waals surface area contributed by atoms with E-state index in [1.807, 2.05) is 0 Å². The van der Waals surface area contributed by atoms with Gasteiger partial charge >= 0.3 is 11.9 Å². The number of carboxylic acid groups (broad SMARTS) is 1. The van der Waals surface area contributed by atoms with Gasteiger partial charge in [-0.25, -0.2) is 4.79 Å². The van der Waals surface area contributed by atoms with Crippen LogP contribution in [0.5, 0.6) is 5.75 Å². The maximum Gasteiger partial charge on any atom is 0.335 e. The lowest BCUT2D eigenvalue weighted by Crippen LogP contribution is -2.61. The SMILES string of the molecule is CCCCCCC(=O)NCCC(=O)NCc1cc(COC(=O)C(C)C)ccc1OC1OC(C(=O)O)C(O)C(O)C1O. The third-order valence-corrected chi connectivity index (χ3v) is 6.44. The second-order valence-electron chi connectivity index (χ2n) is 10.2. The van der Waals surface area contributed by atoms with Gasteiger partial charge in [0.1, 0.15) is 30.7 Å². The van der Waals surface area contributed by atoms with E-state index in [9.17, 15) is 39.6 Å². The lowest BCUT2D eigenvalue weighted by atomic mass is 9.99. The highest BCUT2D eigenvalue weighted by Gasteiger charge is 2.48. The number of unbranched alkanes of at least 4 members (excludes halogenated alkanes) is 3. The molecule has 0 aromatic heterocycles. The van der Waals surface area contributed by atoms with Crippen molar-refractivity contribution in [2.45, 2.75) is 103 Å². The van der Waals surface area contributed by atoms with E-state index < -0.39 is 42.6 Å². The topological polar surface area (TPSA) is 201 Å². The Morgan fingerprint density at radius 2 is 1.66 bits per heavy atom. The summed E-state index contributed by atoms with van der Waals surface area (Å²) in [6, 6.07) is 4.62. The van der Waals surface area contributed by atoms with Gasteiger partial charge < -0.3 is 45.3 Å². The minimum absolute atomic E-state index is 0.0252. The number of aliphatic hydroxyl groups is 3. The molecule has 0 aliphatic carbocycles. The van der Waals surface area contributed by atoms with Crippen LogP contribution in [0.25, 0.3) is 0 Å². The maximum atomic E-state index is 12.5. The van der Waals surface area contributed by atoms with Gasteiger partial charge in [0.15, 0.2) is 6.10 Å². The van der Waals surface area contributed by atoms with Crippen molar-refractivity contribution in [1.29, 1.82) is 0 Å². The number of hydrogen-bond acceptors (Lipinski definition) is 10. The van der Waals surface area contributed by atoms with Gasteiger partial charge in [0, 0.05) is 31.5 Å². The van der Waals surface area contributed by atoms with E-state index >= 15 is 0 Å². The van der Waals surface area contributed by atoms with E-state index in [-0.39, 0.29) is 49.6 Å². The number of esters is 1. The number of carbonyl (C=O) groups is 4. The Hall–Kier alpha value is -3.26. The molecular formula is C28H42N2O11. The fraction of sp³-hybridized carbons (Fsp3) is 0.643. The van der Waals surface area contributed by atoms with Gasteiger partial charge in [0.05, 0.1) is 5.92 Å². The van der Waals surface area contributed by atoms with E-state index in [0.29, 0.717) is 17.5 Å². The zero-order valence-corrected chi connectivity index (χ0v) is 23.7. The molecule has 0 bridgehead atoms. The smallest absolute Gasteiger partial charge is 0.335 e. The molecule has 1 heterocycles. The van der Waals surface area contributed by atoms with E-state index in [4.69, 9.17) is 14.2 Å². The van der Waals surface area contributed by atoms with Crippen molar-refractivity contribution < 1.29 is 53.8 Å². The summed E-state index contributed by atoms with van der Waals surface area (Å²) >= 11 is 0. The first-order valence-electron chi connectivity index (χ1n) is 13.9. The average molecular weight is 583 g/mol. The van der Waals surface area contributed by atoms with Crippen LogP contribution in [0, 0.1) is 5.92 Å². The Bertz CT molecular complexity index is 1030. The average Bonchev–Trinajstić information content (AvgIpc) is 2.93. The minimum Gasteiger partial charge on any atom is -0.479 e. The molecule has 1 aliphatic heterocycles. The Balaban J connectivity index is 2.07. The van der Waals surface area contributed by atoms with Gasteiger partial charge in [0.25, 0.3) is 0 Å². The normalized spacial score (nSPS) is 22.2. The summed E-state index contributed by atoms with van der Waals surface area (Å²) in [7, 11) is 0. The van der Waals surface area contributed by atoms with E-state index in [1.54, 1.807) is 26.0 Å². The second kappa shape index (κ2) is 16.9. The quantitative estimate of drug-likeness (QED) is 0.119. The number of rotatable bonds is 16. The lowest BCUT2D eigenvalue weighted by molar-refractivity contribution is -0.271. The largest absolute Gasteiger partial charge is 0.479 e. The van der Waals surface area contributed by atoms with Crippen LogP contribution in [-0.2, 0) is 41.8 Å². The summed E-state index contributed by atoms with van der Waals surface area (Å²) in [5.41, 5.74) is 0.939. The molecule has 13 heteroatoms. The molecule has 1 aromatic carbocycles. The van der Waals surface area contributed by atoms with E-state index in [1.165, 1.54) is 6.07 Å². The molecule has 0 spiro atoms. The fourth-order valence-corrected chi connectivity index (χ4v) is 3.97. The number of benzene rings is 1. The fourth-order valence-electron chi connectivity index (χ4n) is 3.97. The van der Waals surface area contributed by atoms with Crippen molar-refractivity contribution in [3.05, 3.63) is 29.3 Å². The van der Waals surface area contributed by atoms with Crippen LogP contribution in [0.4, 0.5) is 0 Å². The molecule has 5 atom stereocenters. The summed E-state index contributed by atoms with van der Waals surface area (Å²) < 4.78 is 16.2.